The Bertz CT molecular complexity index is 656. The molecule has 0 bridgehead atoms. The molecule has 1 aromatic heterocycles. The number of halogens is 1. The second-order valence-electron chi connectivity index (χ2n) is 5.02. The summed E-state index contributed by atoms with van der Waals surface area (Å²) < 4.78 is 1.83. The van der Waals surface area contributed by atoms with Gasteiger partial charge in [0.2, 0.25) is 0 Å². The van der Waals surface area contributed by atoms with Crippen LogP contribution in [0.2, 0.25) is 0 Å². The first-order chi connectivity index (χ1) is 10.0. The van der Waals surface area contributed by atoms with Gasteiger partial charge in [-0.05, 0) is 35.3 Å². The number of benzene rings is 1. The molecule has 0 aliphatic carbocycles. The molecule has 0 amide bonds. The molecule has 2 aromatic rings. The molecule has 0 saturated heterocycles. The van der Waals surface area contributed by atoms with Crippen LogP contribution in [0.15, 0.2) is 45.8 Å². The smallest absolute Gasteiger partial charge is 0.283 e. The van der Waals surface area contributed by atoms with Gasteiger partial charge in [-0.15, -0.1) is 0 Å². The lowest BCUT2D eigenvalue weighted by Gasteiger charge is -2.15. The highest BCUT2D eigenvalue weighted by molar-refractivity contribution is 9.10. The van der Waals surface area contributed by atoms with Gasteiger partial charge in [-0.1, -0.05) is 30.3 Å². The normalized spacial score (nSPS) is 12.4. The Morgan fingerprint density at radius 3 is 2.62 bits per heavy atom. The van der Waals surface area contributed by atoms with Crippen LogP contribution in [0.4, 0.5) is 5.69 Å². The zero-order valence-corrected chi connectivity index (χ0v) is 13.5. The average molecular weight is 352 g/mol. The van der Waals surface area contributed by atoms with Crippen LogP contribution in [-0.4, -0.2) is 21.4 Å². The number of rotatable bonds is 5. The van der Waals surface area contributed by atoms with E-state index < -0.39 is 6.10 Å². The number of nitrogens with zero attached hydrogens (tertiary/aromatic N) is 2. The van der Waals surface area contributed by atoms with Crippen molar-refractivity contribution in [3.63, 3.8) is 0 Å². The lowest BCUT2D eigenvalue weighted by molar-refractivity contribution is 0.191. The van der Waals surface area contributed by atoms with E-state index in [0.717, 1.165) is 5.56 Å². The minimum absolute atomic E-state index is 0.00207. The van der Waals surface area contributed by atoms with Gasteiger partial charge >= 0.3 is 0 Å². The summed E-state index contributed by atoms with van der Waals surface area (Å²) in [7, 11) is 0. The van der Waals surface area contributed by atoms with Gasteiger partial charge in [0.15, 0.2) is 0 Å². The van der Waals surface area contributed by atoms with Crippen LogP contribution in [0, 0.1) is 0 Å². The molecule has 6 heteroatoms. The first-order valence-corrected chi connectivity index (χ1v) is 7.54. The summed E-state index contributed by atoms with van der Waals surface area (Å²) in [6.45, 7) is 4.09. The summed E-state index contributed by atoms with van der Waals surface area (Å²) in [4.78, 5) is 12.1. The summed E-state index contributed by atoms with van der Waals surface area (Å²) >= 11 is 3.29. The highest BCUT2D eigenvalue weighted by Gasteiger charge is 2.12. The molecule has 0 aliphatic heterocycles. The third-order valence-corrected chi connectivity index (χ3v) is 3.87. The van der Waals surface area contributed by atoms with Crippen LogP contribution in [0.1, 0.15) is 31.6 Å². The first-order valence-electron chi connectivity index (χ1n) is 6.75. The Kier molecular flexibility index (Phi) is 5.14. The van der Waals surface area contributed by atoms with E-state index in [1.54, 1.807) is 6.20 Å². The second kappa shape index (κ2) is 6.87. The van der Waals surface area contributed by atoms with E-state index in [1.165, 1.54) is 4.68 Å². The monoisotopic (exact) mass is 351 g/mol. The molecule has 2 N–H and O–H groups in total. The lowest BCUT2D eigenvalue weighted by Crippen LogP contribution is -2.26. The molecule has 5 nitrogen and oxygen atoms in total. The van der Waals surface area contributed by atoms with Gasteiger partial charge in [0.05, 0.1) is 24.0 Å². The molecule has 0 radical (unpaired) electrons. The highest BCUT2D eigenvalue weighted by Crippen LogP contribution is 2.19. The van der Waals surface area contributed by atoms with Crippen molar-refractivity contribution >= 4 is 21.6 Å². The fraction of sp³-hybridized carbons (Fsp3) is 0.333. The van der Waals surface area contributed by atoms with Crippen LogP contribution in [0.25, 0.3) is 0 Å². The van der Waals surface area contributed by atoms with Gasteiger partial charge in [0.25, 0.3) is 5.56 Å². The van der Waals surface area contributed by atoms with Crippen molar-refractivity contribution in [2.45, 2.75) is 26.0 Å². The highest BCUT2D eigenvalue weighted by atomic mass is 79.9. The quantitative estimate of drug-likeness (QED) is 0.868. The molecule has 1 unspecified atom stereocenters. The minimum atomic E-state index is -0.648. The predicted molar refractivity (Wildman–Crippen MR) is 86.5 cm³/mol. The average Bonchev–Trinajstić information content (AvgIpc) is 2.49. The van der Waals surface area contributed by atoms with Gasteiger partial charge in [0.1, 0.15) is 4.47 Å². The van der Waals surface area contributed by atoms with E-state index in [0.29, 0.717) is 16.7 Å². The standard InChI is InChI=1S/C15H18BrN3O2/c1-10(2)19-15(21)14(16)12(8-18-19)17-9-13(20)11-6-4-3-5-7-11/h3-8,10,13,17,20H,9H2,1-2H3. The van der Waals surface area contributed by atoms with Gasteiger partial charge < -0.3 is 10.4 Å². The minimum Gasteiger partial charge on any atom is -0.387 e. The molecule has 2 rings (SSSR count). The molecule has 21 heavy (non-hydrogen) atoms. The zero-order chi connectivity index (χ0) is 15.4. The molecule has 0 saturated carbocycles. The SMILES string of the molecule is CC(C)n1ncc(NCC(O)c2ccccc2)c(Br)c1=O. The van der Waals surface area contributed by atoms with Crippen LogP contribution in [0.5, 0.6) is 0 Å². The van der Waals surface area contributed by atoms with Crippen LogP contribution < -0.4 is 10.9 Å². The number of anilines is 1. The molecule has 0 spiro atoms. The topological polar surface area (TPSA) is 67.2 Å². The first kappa shape index (κ1) is 15.7. The number of hydrogen-bond donors (Lipinski definition) is 2. The Morgan fingerprint density at radius 2 is 2.00 bits per heavy atom. The molecule has 1 atom stereocenters. The third-order valence-electron chi connectivity index (χ3n) is 3.10. The molecule has 0 aliphatic rings. The molecular weight excluding hydrogens is 334 g/mol. The van der Waals surface area contributed by atoms with Crippen LogP contribution in [-0.2, 0) is 0 Å². The van der Waals surface area contributed by atoms with E-state index in [-0.39, 0.29) is 11.6 Å². The molecule has 112 valence electrons. The maximum Gasteiger partial charge on any atom is 0.283 e. The summed E-state index contributed by atoms with van der Waals surface area (Å²) in [5.74, 6) is 0. The van der Waals surface area contributed by atoms with Gasteiger partial charge in [-0.25, -0.2) is 4.68 Å². The molecular formula is C15H18BrN3O2. The van der Waals surface area contributed by atoms with Crippen LogP contribution in [0.3, 0.4) is 0 Å². The number of hydrogen-bond acceptors (Lipinski definition) is 4. The number of nitrogens with one attached hydrogen (secondary N) is 1. The number of aliphatic hydroxyl groups is 1. The zero-order valence-electron chi connectivity index (χ0n) is 12.0. The summed E-state index contributed by atoms with van der Waals surface area (Å²) in [6.07, 6.45) is 0.939. The number of aliphatic hydroxyl groups excluding tert-OH is 1. The fourth-order valence-corrected chi connectivity index (χ4v) is 2.36. The predicted octanol–water partition coefficient (Wildman–Crippen LogP) is 2.73. The van der Waals surface area contributed by atoms with Gasteiger partial charge in [0, 0.05) is 6.54 Å². The van der Waals surface area contributed by atoms with Crippen molar-refractivity contribution in [3.05, 3.63) is 56.9 Å². The maximum atomic E-state index is 12.1. The Hall–Kier alpha value is -1.66. The van der Waals surface area contributed by atoms with Crippen molar-refractivity contribution in [3.8, 4) is 0 Å². The largest absolute Gasteiger partial charge is 0.387 e. The maximum absolute atomic E-state index is 12.1. The Labute approximate surface area is 131 Å². The van der Waals surface area contributed by atoms with Crippen LogP contribution >= 0.6 is 15.9 Å². The molecule has 0 fully saturated rings. The Morgan fingerprint density at radius 1 is 1.33 bits per heavy atom. The lowest BCUT2D eigenvalue weighted by atomic mass is 10.1. The molecule has 1 heterocycles. The summed E-state index contributed by atoms with van der Waals surface area (Å²) in [5, 5.41) is 17.3. The van der Waals surface area contributed by atoms with E-state index in [2.05, 4.69) is 26.3 Å². The van der Waals surface area contributed by atoms with E-state index in [1.807, 2.05) is 44.2 Å². The fourth-order valence-electron chi connectivity index (χ4n) is 1.94. The van der Waals surface area contributed by atoms with Crippen molar-refractivity contribution < 1.29 is 5.11 Å². The van der Waals surface area contributed by atoms with E-state index >= 15 is 0 Å². The molecule has 1 aromatic carbocycles. The van der Waals surface area contributed by atoms with Gasteiger partial charge in [-0.3, -0.25) is 4.79 Å². The van der Waals surface area contributed by atoms with Crippen molar-refractivity contribution in [1.82, 2.24) is 9.78 Å². The van der Waals surface area contributed by atoms with Crippen molar-refractivity contribution in [1.29, 1.82) is 0 Å². The summed E-state index contributed by atoms with van der Waals surface area (Å²) in [5.41, 5.74) is 1.21. The second-order valence-corrected chi connectivity index (χ2v) is 5.82. The Balaban J connectivity index is 2.11. The number of aromatic nitrogens is 2. The van der Waals surface area contributed by atoms with Gasteiger partial charge in [-0.2, -0.15) is 5.10 Å². The third kappa shape index (κ3) is 3.71. The summed E-state index contributed by atoms with van der Waals surface area (Å²) in [6, 6.07) is 9.36. The van der Waals surface area contributed by atoms with Crippen molar-refractivity contribution in [2.24, 2.45) is 0 Å². The van der Waals surface area contributed by atoms with Crippen molar-refractivity contribution in [2.75, 3.05) is 11.9 Å². The van der Waals surface area contributed by atoms with E-state index in [9.17, 15) is 9.90 Å². The van der Waals surface area contributed by atoms with E-state index in [4.69, 9.17) is 0 Å².